The number of nitrogens with one attached hydrogen (secondary N) is 1. The van der Waals surface area contributed by atoms with Gasteiger partial charge in [0.1, 0.15) is 5.82 Å². The lowest BCUT2D eigenvalue weighted by molar-refractivity contribution is -0.139. The van der Waals surface area contributed by atoms with E-state index in [1.165, 1.54) is 27.4 Å². The minimum absolute atomic E-state index is 0.118. The molecule has 0 saturated carbocycles. The van der Waals surface area contributed by atoms with Crippen LogP contribution in [-0.2, 0) is 19.6 Å². The second-order valence-corrected chi connectivity index (χ2v) is 10.8. The molecule has 2 amide bonds. The first-order valence-corrected chi connectivity index (χ1v) is 13.6. The van der Waals surface area contributed by atoms with Crippen molar-refractivity contribution >= 4 is 22.0 Å². The number of amides is 2. The minimum Gasteiger partial charge on any atom is -0.463 e. The summed E-state index contributed by atoms with van der Waals surface area (Å²) in [6.07, 6.45) is 0.570. The molecule has 2 heterocycles. The topological polar surface area (TPSA) is 99.3 Å². The zero-order valence-electron chi connectivity index (χ0n) is 20.9. The highest BCUT2D eigenvalue weighted by Crippen LogP contribution is 2.33. The third kappa shape index (κ3) is 5.68. The summed E-state index contributed by atoms with van der Waals surface area (Å²) >= 11 is 0. The van der Waals surface area contributed by atoms with E-state index in [2.05, 4.69) is 5.32 Å². The van der Waals surface area contributed by atoms with Crippen LogP contribution in [0.1, 0.15) is 24.9 Å². The summed E-state index contributed by atoms with van der Waals surface area (Å²) in [6.45, 7) is 3.55. The van der Waals surface area contributed by atoms with Crippen molar-refractivity contribution in [3.05, 3.63) is 77.2 Å². The number of esters is 1. The highest BCUT2D eigenvalue weighted by atomic mass is 32.2. The van der Waals surface area contributed by atoms with Gasteiger partial charge in [0.15, 0.2) is 0 Å². The van der Waals surface area contributed by atoms with Gasteiger partial charge in [-0.3, -0.25) is 9.80 Å². The van der Waals surface area contributed by atoms with E-state index in [1.807, 2.05) is 4.90 Å². The molecule has 9 nitrogen and oxygen atoms in total. The van der Waals surface area contributed by atoms with E-state index in [9.17, 15) is 22.4 Å². The van der Waals surface area contributed by atoms with Gasteiger partial charge in [-0.2, -0.15) is 4.31 Å². The number of urea groups is 1. The Labute approximate surface area is 216 Å². The number of hydrogen-bond acceptors (Lipinski definition) is 6. The first kappa shape index (κ1) is 26.8. The van der Waals surface area contributed by atoms with Crippen LogP contribution in [0, 0.1) is 5.82 Å². The monoisotopic (exact) mass is 530 g/mol. The normalized spacial score (nSPS) is 19.9. The van der Waals surface area contributed by atoms with Gasteiger partial charge in [0, 0.05) is 44.5 Å². The van der Waals surface area contributed by atoms with Crippen LogP contribution in [-0.4, -0.2) is 80.9 Å². The molecule has 198 valence electrons. The van der Waals surface area contributed by atoms with E-state index < -0.39 is 33.9 Å². The maximum atomic E-state index is 14.7. The predicted molar refractivity (Wildman–Crippen MR) is 135 cm³/mol. The summed E-state index contributed by atoms with van der Waals surface area (Å²) in [6, 6.07) is 12.8. The fraction of sp³-hybridized carbons (Fsp3) is 0.385. The third-order valence-electron chi connectivity index (χ3n) is 6.59. The van der Waals surface area contributed by atoms with E-state index in [0.717, 1.165) is 0 Å². The average molecular weight is 531 g/mol. The van der Waals surface area contributed by atoms with Gasteiger partial charge in [0.05, 0.1) is 23.1 Å². The molecular weight excluding hydrogens is 499 g/mol. The van der Waals surface area contributed by atoms with Gasteiger partial charge in [0.2, 0.25) is 10.0 Å². The number of sulfonamides is 1. The first-order chi connectivity index (χ1) is 17.7. The van der Waals surface area contributed by atoms with Crippen molar-refractivity contribution in [1.82, 2.24) is 19.4 Å². The molecule has 1 atom stereocenters. The minimum atomic E-state index is -3.64. The molecule has 1 N–H and O–H groups in total. The van der Waals surface area contributed by atoms with Crippen LogP contribution >= 0.6 is 0 Å². The number of likely N-dealkylation sites (N-methyl/N-ethyl adjacent to an activating group) is 1. The number of hydrogen-bond donors (Lipinski definition) is 1. The number of halogens is 1. The quantitative estimate of drug-likeness (QED) is 0.553. The van der Waals surface area contributed by atoms with E-state index in [-0.39, 0.29) is 35.7 Å². The summed E-state index contributed by atoms with van der Waals surface area (Å²) in [5.41, 5.74) is 0.724. The standard InChI is InChI=1S/C26H31FN4O5S/c1-3-36-25(32)23-22(29(2)26(33)28-24(23)20-12-7-8-13-21(20)27)18-30-14-9-15-31(17-16-30)37(34,35)19-10-5-4-6-11-19/h4-8,10-13,24H,3,9,14-18H2,1-2H3,(H,28,33). The lowest BCUT2D eigenvalue weighted by Gasteiger charge is -2.36. The van der Waals surface area contributed by atoms with E-state index >= 15 is 0 Å². The zero-order valence-corrected chi connectivity index (χ0v) is 21.7. The van der Waals surface area contributed by atoms with Crippen LogP contribution < -0.4 is 5.32 Å². The van der Waals surface area contributed by atoms with Gasteiger partial charge in [-0.15, -0.1) is 0 Å². The van der Waals surface area contributed by atoms with E-state index in [0.29, 0.717) is 31.8 Å². The second-order valence-electron chi connectivity index (χ2n) is 8.89. The molecule has 4 rings (SSSR count). The van der Waals surface area contributed by atoms with Crippen molar-refractivity contribution in [2.75, 3.05) is 46.4 Å². The Morgan fingerprint density at radius 3 is 2.46 bits per heavy atom. The summed E-state index contributed by atoms with van der Waals surface area (Å²) < 4.78 is 47.7. The third-order valence-corrected chi connectivity index (χ3v) is 8.50. The molecule has 0 bridgehead atoms. The van der Waals surface area contributed by atoms with Crippen molar-refractivity contribution in [1.29, 1.82) is 0 Å². The molecule has 2 aliphatic heterocycles. The second kappa shape index (κ2) is 11.4. The molecule has 0 radical (unpaired) electrons. The molecule has 11 heteroatoms. The molecule has 1 fully saturated rings. The Kier molecular flexibility index (Phi) is 8.25. The lowest BCUT2D eigenvalue weighted by atomic mass is 9.94. The van der Waals surface area contributed by atoms with Gasteiger partial charge < -0.3 is 10.1 Å². The Bertz CT molecular complexity index is 1280. The maximum Gasteiger partial charge on any atom is 0.338 e. The fourth-order valence-electron chi connectivity index (χ4n) is 4.64. The van der Waals surface area contributed by atoms with Gasteiger partial charge in [0.25, 0.3) is 0 Å². The molecule has 0 aromatic heterocycles. The molecule has 1 saturated heterocycles. The summed E-state index contributed by atoms with van der Waals surface area (Å²) in [5, 5.41) is 2.72. The van der Waals surface area contributed by atoms with Gasteiger partial charge in [-0.05, 0) is 38.1 Å². The molecule has 2 aromatic rings. The van der Waals surface area contributed by atoms with Gasteiger partial charge >= 0.3 is 12.0 Å². The number of carbonyl (C=O) groups is 2. The van der Waals surface area contributed by atoms with Crippen molar-refractivity contribution in [2.24, 2.45) is 0 Å². The number of carbonyl (C=O) groups excluding carboxylic acids is 2. The molecule has 2 aromatic carbocycles. The van der Waals surface area contributed by atoms with Crippen molar-refractivity contribution in [3.8, 4) is 0 Å². The number of nitrogens with zero attached hydrogens (tertiary/aromatic N) is 3. The van der Waals surface area contributed by atoms with Crippen LogP contribution in [0.15, 0.2) is 70.8 Å². The highest BCUT2D eigenvalue weighted by Gasteiger charge is 2.38. The molecule has 1 unspecified atom stereocenters. The molecule has 37 heavy (non-hydrogen) atoms. The fourth-order valence-corrected chi connectivity index (χ4v) is 6.13. The van der Waals surface area contributed by atoms with Crippen molar-refractivity contribution in [3.63, 3.8) is 0 Å². The summed E-state index contributed by atoms with van der Waals surface area (Å²) in [4.78, 5) is 29.6. The Morgan fingerprint density at radius 1 is 1.05 bits per heavy atom. The number of benzene rings is 2. The Balaban J connectivity index is 1.63. The van der Waals surface area contributed by atoms with E-state index in [4.69, 9.17) is 4.74 Å². The zero-order chi connectivity index (χ0) is 26.6. The summed E-state index contributed by atoms with van der Waals surface area (Å²) in [5.74, 6) is -1.18. The highest BCUT2D eigenvalue weighted by molar-refractivity contribution is 7.89. The van der Waals surface area contributed by atoms with Gasteiger partial charge in [-0.1, -0.05) is 36.4 Å². The predicted octanol–water partition coefficient (Wildman–Crippen LogP) is 2.74. The Morgan fingerprint density at radius 2 is 1.76 bits per heavy atom. The molecule has 2 aliphatic rings. The van der Waals surface area contributed by atoms with Crippen LogP contribution in [0.4, 0.5) is 9.18 Å². The smallest absolute Gasteiger partial charge is 0.338 e. The summed E-state index contributed by atoms with van der Waals surface area (Å²) in [7, 11) is -2.09. The van der Waals surface area contributed by atoms with Crippen molar-refractivity contribution < 1.29 is 27.1 Å². The van der Waals surface area contributed by atoms with Crippen LogP contribution in [0.5, 0.6) is 0 Å². The van der Waals surface area contributed by atoms with Gasteiger partial charge in [-0.25, -0.2) is 22.4 Å². The van der Waals surface area contributed by atoms with Crippen LogP contribution in [0.25, 0.3) is 0 Å². The molecular formula is C26H31FN4O5S. The molecule has 0 spiro atoms. The number of ether oxygens (including phenoxy) is 1. The van der Waals surface area contributed by atoms with Crippen molar-refractivity contribution in [2.45, 2.75) is 24.3 Å². The average Bonchev–Trinajstić information content (AvgIpc) is 3.14. The van der Waals surface area contributed by atoms with Crippen LogP contribution in [0.3, 0.4) is 0 Å². The van der Waals surface area contributed by atoms with E-state index in [1.54, 1.807) is 50.4 Å². The van der Waals surface area contributed by atoms with Crippen LogP contribution in [0.2, 0.25) is 0 Å². The molecule has 0 aliphatic carbocycles. The number of rotatable bonds is 7. The first-order valence-electron chi connectivity index (χ1n) is 12.2. The SMILES string of the molecule is CCOC(=O)C1=C(CN2CCCN(S(=O)(=O)c3ccccc3)CC2)N(C)C(=O)NC1c1ccccc1F. The Hall–Kier alpha value is -3.28. The lowest BCUT2D eigenvalue weighted by Crippen LogP contribution is -2.49. The maximum absolute atomic E-state index is 14.7. The largest absolute Gasteiger partial charge is 0.463 e.